The Kier molecular flexibility index (Phi) is 4.80. The van der Waals surface area contributed by atoms with E-state index >= 15 is 0 Å². The number of rotatable bonds is 3. The molecule has 2 rings (SSSR count). The number of halogens is 1. The highest BCUT2D eigenvalue weighted by molar-refractivity contribution is 8.93. The molecule has 0 unspecified atom stereocenters. The Morgan fingerprint density at radius 1 is 1.25 bits per heavy atom. The van der Waals surface area contributed by atoms with Gasteiger partial charge < -0.3 is 10.0 Å². The molecular weight excluding hydrogens is 270 g/mol. The van der Waals surface area contributed by atoms with Gasteiger partial charge in [-0.2, -0.15) is 0 Å². The second-order valence-electron chi connectivity index (χ2n) is 3.89. The number of carbonyl (C=O) groups is 1. The van der Waals surface area contributed by atoms with E-state index in [0.29, 0.717) is 0 Å². The van der Waals surface area contributed by atoms with Crippen LogP contribution < -0.4 is 4.90 Å². The fourth-order valence-electron chi connectivity index (χ4n) is 2.09. The molecule has 16 heavy (non-hydrogen) atoms. The molecule has 1 heterocycles. The van der Waals surface area contributed by atoms with Crippen LogP contribution in [0.15, 0.2) is 24.3 Å². The molecule has 0 radical (unpaired) electrons. The van der Waals surface area contributed by atoms with Crippen molar-refractivity contribution in [2.45, 2.75) is 19.3 Å². The third-order valence-electron chi connectivity index (χ3n) is 2.78. The van der Waals surface area contributed by atoms with Gasteiger partial charge in [-0.1, -0.05) is 18.2 Å². The second-order valence-corrected chi connectivity index (χ2v) is 3.89. The van der Waals surface area contributed by atoms with Gasteiger partial charge in [-0.15, -0.1) is 17.0 Å². The van der Waals surface area contributed by atoms with E-state index in [0.717, 1.165) is 24.3 Å². The number of nitrogens with zero attached hydrogens (tertiary/aromatic N) is 1. The highest BCUT2D eigenvalue weighted by Crippen LogP contribution is 2.24. The molecule has 3 nitrogen and oxygen atoms in total. The largest absolute Gasteiger partial charge is 0.481 e. The lowest BCUT2D eigenvalue weighted by molar-refractivity contribution is -0.136. The number of aliphatic carboxylic acids is 1. The first-order chi connectivity index (χ1) is 7.27. The zero-order valence-electron chi connectivity index (χ0n) is 9.06. The van der Waals surface area contributed by atoms with E-state index in [1.807, 2.05) is 24.3 Å². The normalized spacial score (nSPS) is 14.6. The Morgan fingerprint density at radius 2 is 1.88 bits per heavy atom. The molecule has 1 aromatic rings. The van der Waals surface area contributed by atoms with Crippen molar-refractivity contribution in [3.8, 4) is 0 Å². The number of carboxylic acid groups (broad SMARTS) is 1. The first-order valence-corrected chi connectivity index (χ1v) is 5.32. The van der Waals surface area contributed by atoms with Crippen molar-refractivity contribution in [2.75, 3.05) is 18.0 Å². The van der Waals surface area contributed by atoms with Crippen molar-refractivity contribution < 1.29 is 9.90 Å². The van der Waals surface area contributed by atoms with E-state index in [2.05, 4.69) is 4.90 Å². The standard InChI is InChI=1S/C12H15NO2.BrH/c14-12(15)9-10-5-1-2-6-11(10)13-7-3-4-8-13;/h1-2,5-6H,3-4,7-9H2,(H,14,15);1H. The van der Waals surface area contributed by atoms with Gasteiger partial charge in [-0.25, -0.2) is 0 Å². The maximum Gasteiger partial charge on any atom is 0.307 e. The Balaban J connectivity index is 0.00000128. The number of hydrogen-bond acceptors (Lipinski definition) is 2. The third-order valence-corrected chi connectivity index (χ3v) is 2.78. The lowest BCUT2D eigenvalue weighted by Gasteiger charge is -2.20. The van der Waals surface area contributed by atoms with Crippen LogP contribution in [0.1, 0.15) is 18.4 Å². The third kappa shape index (κ3) is 2.98. The topological polar surface area (TPSA) is 40.5 Å². The Morgan fingerprint density at radius 3 is 2.50 bits per heavy atom. The summed E-state index contributed by atoms with van der Waals surface area (Å²) in [6.07, 6.45) is 2.54. The minimum atomic E-state index is -0.762. The average molecular weight is 286 g/mol. The summed E-state index contributed by atoms with van der Waals surface area (Å²) in [6.45, 7) is 2.10. The second kappa shape index (κ2) is 5.89. The van der Waals surface area contributed by atoms with Crippen LogP contribution in [0.25, 0.3) is 0 Å². The van der Waals surface area contributed by atoms with Crippen LogP contribution in [-0.2, 0) is 11.2 Å². The van der Waals surface area contributed by atoms with Crippen LogP contribution >= 0.6 is 17.0 Å². The fraction of sp³-hybridized carbons (Fsp3) is 0.417. The van der Waals surface area contributed by atoms with Gasteiger partial charge in [0.1, 0.15) is 0 Å². The molecule has 1 aliphatic heterocycles. The summed E-state index contributed by atoms with van der Waals surface area (Å²) in [6, 6.07) is 7.79. The van der Waals surface area contributed by atoms with E-state index in [-0.39, 0.29) is 23.4 Å². The molecular formula is C12H16BrNO2. The van der Waals surface area contributed by atoms with Gasteiger partial charge in [0, 0.05) is 18.8 Å². The monoisotopic (exact) mass is 285 g/mol. The molecule has 0 aromatic heterocycles. The minimum Gasteiger partial charge on any atom is -0.481 e. The molecule has 0 amide bonds. The average Bonchev–Trinajstić information content (AvgIpc) is 2.70. The predicted molar refractivity (Wildman–Crippen MR) is 69.6 cm³/mol. The van der Waals surface area contributed by atoms with Gasteiger partial charge in [-0.05, 0) is 24.5 Å². The molecule has 4 heteroatoms. The van der Waals surface area contributed by atoms with Crippen molar-refractivity contribution in [1.82, 2.24) is 0 Å². The molecule has 0 spiro atoms. The number of para-hydroxylation sites is 1. The van der Waals surface area contributed by atoms with Crippen LogP contribution in [0.5, 0.6) is 0 Å². The summed E-state index contributed by atoms with van der Waals surface area (Å²) in [4.78, 5) is 13.0. The highest BCUT2D eigenvalue weighted by atomic mass is 79.9. The molecule has 0 aliphatic carbocycles. The zero-order chi connectivity index (χ0) is 10.7. The lowest BCUT2D eigenvalue weighted by atomic mass is 10.1. The SMILES string of the molecule is Br.O=C(O)Cc1ccccc1N1CCCC1. The van der Waals surface area contributed by atoms with Crippen LogP contribution in [0, 0.1) is 0 Å². The van der Waals surface area contributed by atoms with Gasteiger partial charge in [0.25, 0.3) is 0 Å². The number of anilines is 1. The Labute approximate surface area is 106 Å². The summed E-state index contributed by atoms with van der Waals surface area (Å²) >= 11 is 0. The first-order valence-electron chi connectivity index (χ1n) is 5.32. The number of benzene rings is 1. The molecule has 88 valence electrons. The van der Waals surface area contributed by atoms with Crippen molar-refractivity contribution in [3.05, 3.63) is 29.8 Å². The lowest BCUT2D eigenvalue weighted by Crippen LogP contribution is -2.19. The van der Waals surface area contributed by atoms with E-state index in [1.165, 1.54) is 12.8 Å². The molecule has 1 aliphatic rings. The van der Waals surface area contributed by atoms with Crippen molar-refractivity contribution >= 4 is 28.6 Å². The van der Waals surface area contributed by atoms with Crippen molar-refractivity contribution in [2.24, 2.45) is 0 Å². The molecule has 1 fully saturated rings. The fourth-order valence-corrected chi connectivity index (χ4v) is 2.09. The maximum absolute atomic E-state index is 10.7. The van der Waals surface area contributed by atoms with Crippen LogP contribution in [0.2, 0.25) is 0 Å². The quantitative estimate of drug-likeness (QED) is 0.928. The summed E-state index contributed by atoms with van der Waals surface area (Å²) in [5, 5.41) is 8.82. The van der Waals surface area contributed by atoms with Crippen LogP contribution in [0.3, 0.4) is 0 Å². The van der Waals surface area contributed by atoms with E-state index in [4.69, 9.17) is 5.11 Å². The van der Waals surface area contributed by atoms with Crippen LogP contribution in [-0.4, -0.2) is 24.2 Å². The smallest absolute Gasteiger partial charge is 0.307 e. The molecule has 1 saturated heterocycles. The predicted octanol–water partition coefficient (Wildman–Crippen LogP) is 2.49. The molecule has 0 atom stereocenters. The summed E-state index contributed by atoms with van der Waals surface area (Å²) < 4.78 is 0. The molecule has 1 aromatic carbocycles. The van der Waals surface area contributed by atoms with Crippen molar-refractivity contribution in [3.63, 3.8) is 0 Å². The van der Waals surface area contributed by atoms with E-state index < -0.39 is 5.97 Å². The van der Waals surface area contributed by atoms with Gasteiger partial charge in [0.05, 0.1) is 6.42 Å². The summed E-state index contributed by atoms with van der Waals surface area (Å²) in [5.74, 6) is -0.762. The van der Waals surface area contributed by atoms with Crippen LogP contribution in [0.4, 0.5) is 5.69 Å². The highest BCUT2D eigenvalue weighted by Gasteiger charge is 2.16. The summed E-state index contributed by atoms with van der Waals surface area (Å²) in [5.41, 5.74) is 2.02. The zero-order valence-corrected chi connectivity index (χ0v) is 10.8. The van der Waals surface area contributed by atoms with E-state index in [9.17, 15) is 4.79 Å². The Bertz CT molecular complexity index is 362. The summed E-state index contributed by atoms with van der Waals surface area (Å²) in [7, 11) is 0. The molecule has 1 N–H and O–H groups in total. The van der Waals surface area contributed by atoms with Gasteiger partial charge in [-0.3, -0.25) is 4.79 Å². The molecule has 0 saturated carbocycles. The van der Waals surface area contributed by atoms with Gasteiger partial charge in [0.2, 0.25) is 0 Å². The van der Waals surface area contributed by atoms with Crippen molar-refractivity contribution in [1.29, 1.82) is 0 Å². The molecule has 0 bridgehead atoms. The number of hydrogen-bond donors (Lipinski definition) is 1. The van der Waals surface area contributed by atoms with Gasteiger partial charge in [0.15, 0.2) is 0 Å². The first kappa shape index (κ1) is 13.0. The number of carboxylic acids is 1. The Hall–Kier alpha value is -1.03. The van der Waals surface area contributed by atoms with Gasteiger partial charge >= 0.3 is 5.97 Å². The van der Waals surface area contributed by atoms with E-state index in [1.54, 1.807) is 0 Å². The minimum absolute atomic E-state index is 0. The maximum atomic E-state index is 10.7.